The lowest BCUT2D eigenvalue weighted by atomic mass is 10.2. The number of aryl methyl sites for hydroxylation is 1. The Kier molecular flexibility index (Phi) is 8.68. The van der Waals surface area contributed by atoms with Crippen molar-refractivity contribution >= 4 is 34.4 Å². The minimum atomic E-state index is -0.147. The molecule has 170 valence electrons. The molecule has 3 aromatic rings. The van der Waals surface area contributed by atoms with Gasteiger partial charge in [0.2, 0.25) is 5.91 Å². The standard InChI is InChI=1S/C25H31ClN4O2/c1-3-15-29(16-4-2)24(31)18-30-22-12-6-5-11-21(22)28-23(30)13-8-14-27-25(32)19-9-7-10-20(26)17-19/h5-7,9-12,17H,3-4,8,13-16,18H2,1-2H3,(H,27,32). The fourth-order valence-corrected chi connectivity index (χ4v) is 4.00. The van der Waals surface area contributed by atoms with Crippen molar-refractivity contribution in [3.63, 3.8) is 0 Å². The van der Waals surface area contributed by atoms with E-state index in [1.54, 1.807) is 24.3 Å². The fraction of sp³-hybridized carbons (Fsp3) is 0.400. The number of aromatic nitrogens is 2. The second-order valence-corrected chi connectivity index (χ2v) is 8.29. The van der Waals surface area contributed by atoms with Gasteiger partial charge in [0.25, 0.3) is 5.91 Å². The number of amides is 2. The van der Waals surface area contributed by atoms with E-state index < -0.39 is 0 Å². The Morgan fingerprint density at radius 1 is 1.06 bits per heavy atom. The van der Waals surface area contributed by atoms with Crippen LogP contribution < -0.4 is 5.32 Å². The third-order valence-electron chi connectivity index (χ3n) is 5.32. The Bertz CT molecular complexity index is 1060. The number of para-hydroxylation sites is 2. The van der Waals surface area contributed by atoms with Crippen molar-refractivity contribution in [2.45, 2.75) is 46.1 Å². The molecular weight excluding hydrogens is 424 g/mol. The van der Waals surface area contributed by atoms with Crippen molar-refractivity contribution in [3.8, 4) is 0 Å². The number of benzene rings is 2. The number of carbonyl (C=O) groups is 2. The number of hydrogen-bond acceptors (Lipinski definition) is 3. The van der Waals surface area contributed by atoms with Gasteiger partial charge in [-0.2, -0.15) is 0 Å². The Hall–Kier alpha value is -2.86. The van der Waals surface area contributed by atoms with Crippen LogP contribution in [0.15, 0.2) is 48.5 Å². The SMILES string of the molecule is CCCN(CCC)C(=O)Cn1c(CCCNC(=O)c2cccc(Cl)c2)nc2ccccc21. The molecule has 6 nitrogen and oxygen atoms in total. The molecule has 0 radical (unpaired) electrons. The summed E-state index contributed by atoms with van der Waals surface area (Å²) >= 11 is 5.97. The van der Waals surface area contributed by atoms with Crippen LogP contribution in [-0.4, -0.2) is 45.9 Å². The third-order valence-corrected chi connectivity index (χ3v) is 5.55. The molecule has 0 atom stereocenters. The zero-order valence-corrected chi connectivity index (χ0v) is 19.6. The van der Waals surface area contributed by atoms with E-state index in [-0.39, 0.29) is 18.4 Å². The van der Waals surface area contributed by atoms with Crippen LogP contribution in [-0.2, 0) is 17.8 Å². The van der Waals surface area contributed by atoms with E-state index in [1.165, 1.54) is 0 Å². The molecule has 0 saturated carbocycles. The lowest BCUT2D eigenvalue weighted by molar-refractivity contribution is -0.131. The summed E-state index contributed by atoms with van der Waals surface area (Å²) in [7, 11) is 0. The Balaban J connectivity index is 1.67. The number of fused-ring (bicyclic) bond motifs is 1. The van der Waals surface area contributed by atoms with Crippen molar-refractivity contribution in [3.05, 3.63) is 64.9 Å². The molecule has 0 aliphatic heterocycles. The normalized spacial score (nSPS) is 11.0. The van der Waals surface area contributed by atoms with E-state index in [0.717, 1.165) is 49.2 Å². The van der Waals surface area contributed by atoms with Gasteiger partial charge >= 0.3 is 0 Å². The van der Waals surface area contributed by atoms with Gasteiger partial charge in [-0.15, -0.1) is 0 Å². The molecule has 0 aliphatic rings. The first kappa shape index (κ1) is 23.8. The maximum Gasteiger partial charge on any atom is 0.251 e. The monoisotopic (exact) mass is 454 g/mol. The summed E-state index contributed by atoms with van der Waals surface area (Å²) in [6, 6.07) is 14.8. The second-order valence-electron chi connectivity index (χ2n) is 7.85. The smallest absolute Gasteiger partial charge is 0.251 e. The van der Waals surface area contributed by atoms with Crippen LogP contribution >= 0.6 is 11.6 Å². The average Bonchev–Trinajstić information content (AvgIpc) is 3.13. The summed E-state index contributed by atoms with van der Waals surface area (Å²) in [5.74, 6) is 0.836. The molecule has 2 aromatic carbocycles. The van der Waals surface area contributed by atoms with Crippen molar-refractivity contribution in [1.29, 1.82) is 0 Å². The number of rotatable bonds is 11. The van der Waals surface area contributed by atoms with E-state index in [1.807, 2.05) is 33.7 Å². The van der Waals surface area contributed by atoms with Gasteiger partial charge in [0, 0.05) is 36.6 Å². The van der Waals surface area contributed by atoms with Crippen molar-refractivity contribution < 1.29 is 9.59 Å². The van der Waals surface area contributed by atoms with Crippen LogP contribution in [0, 0.1) is 0 Å². The van der Waals surface area contributed by atoms with E-state index in [0.29, 0.717) is 23.6 Å². The lowest BCUT2D eigenvalue weighted by Crippen LogP contribution is -2.35. The van der Waals surface area contributed by atoms with Gasteiger partial charge in [-0.05, 0) is 49.6 Å². The molecule has 1 heterocycles. The molecule has 32 heavy (non-hydrogen) atoms. The molecular formula is C25H31ClN4O2. The summed E-state index contributed by atoms with van der Waals surface area (Å²) in [6.07, 6.45) is 3.27. The van der Waals surface area contributed by atoms with Gasteiger partial charge in [-0.25, -0.2) is 4.98 Å². The van der Waals surface area contributed by atoms with Crippen LogP contribution in [0.25, 0.3) is 11.0 Å². The summed E-state index contributed by atoms with van der Waals surface area (Å²) in [5, 5.41) is 3.47. The Morgan fingerprint density at radius 2 is 1.81 bits per heavy atom. The van der Waals surface area contributed by atoms with Crippen LogP contribution in [0.2, 0.25) is 5.02 Å². The molecule has 0 aliphatic carbocycles. The zero-order chi connectivity index (χ0) is 22.9. The van der Waals surface area contributed by atoms with Gasteiger partial charge < -0.3 is 14.8 Å². The Labute approximate surface area is 194 Å². The maximum absolute atomic E-state index is 13.0. The summed E-state index contributed by atoms with van der Waals surface area (Å²) in [4.78, 5) is 32.0. The number of nitrogens with one attached hydrogen (secondary N) is 1. The molecule has 0 bridgehead atoms. The van der Waals surface area contributed by atoms with Gasteiger partial charge in [-0.3, -0.25) is 9.59 Å². The zero-order valence-electron chi connectivity index (χ0n) is 18.8. The first-order valence-electron chi connectivity index (χ1n) is 11.3. The minimum Gasteiger partial charge on any atom is -0.352 e. The van der Waals surface area contributed by atoms with Crippen molar-refractivity contribution in [2.24, 2.45) is 0 Å². The number of carbonyl (C=O) groups excluding carboxylic acids is 2. The van der Waals surface area contributed by atoms with Crippen LogP contribution in [0.5, 0.6) is 0 Å². The average molecular weight is 455 g/mol. The molecule has 3 rings (SSSR count). The van der Waals surface area contributed by atoms with Crippen LogP contribution in [0.1, 0.15) is 49.3 Å². The van der Waals surface area contributed by atoms with Gasteiger partial charge in [0.1, 0.15) is 12.4 Å². The largest absolute Gasteiger partial charge is 0.352 e. The molecule has 1 N–H and O–H groups in total. The highest BCUT2D eigenvalue weighted by Gasteiger charge is 2.17. The summed E-state index contributed by atoms with van der Waals surface area (Å²) in [5.41, 5.74) is 2.39. The highest BCUT2D eigenvalue weighted by atomic mass is 35.5. The summed E-state index contributed by atoms with van der Waals surface area (Å²) in [6.45, 7) is 6.51. The molecule has 0 unspecified atom stereocenters. The fourth-order valence-electron chi connectivity index (χ4n) is 3.81. The van der Waals surface area contributed by atoms with E-state index in [9.17, 15) is 9.59 Å². The number of halogens is 1. The molecule has 2 amide bonds. The molecule has 0 fully saturated rings. The second kappa shape index (κ2) is 11.7. The van der Waals surface area contributed by atoms with Gasteiger partial charge in [0.15, 0.2) is 0 Å². The van der Waals surface area contributed by atoms with Crippen LogP contribution in [0.4, 0.5) is 0 Å². The highest BCUT2D eigenvalue weighted by Crippen LogP contribution is 2.18. The first-order chi connectivity index (χ1) is 15.5. The predicted octanol–water partition coefficient (Wildman–Crippen LogP) is 4.70. The third kappa shape index (κ3) is 6.10. The highest BCUT2D eigenvalue weighted by molar-refractivity contribution is 6.30. The predicted molar refractivity (Wildman–Crippen MR) is 129 cm³/mol. The number of hydrogen-bond donors (Lipinski definition) is 1. The number of nitrogens with zero attached hydrogens (tertiary/aromatic N) is 3. The van der Waals surface area contributed by atoms with Crippen LogP contribution in [0.3, 0.4) is 0 Å². The minimum absolute atomic E-state index is 0.118. The number of imidazole rings is 1. The van der Waals surface area contributed by atoms with Crippen molar-refractivity contribution in [1.82, 2.24) is 19.8 Å². The lowest BCUT2D eigenvalue weighted by Gasteiger charge is -2.22. The van der Waals surface area contributed by atoms with E-state index in [4.69, 9.17) is 16.6 Å². The van der Waals surface area contributed by atoms with E-state index in [2.05, 4.69) is 19.2 Å². The summed E-state index contributed by atoms with van der Waals surface area (Å²) < 4.78 is 2.02. The first-order valence-corrected chi connectivity index (χ1v) is 11.7. The molecule has 0 saturated heterocycles. The molecule has 1 aromatic heterocycles. The molecule has 0 spiro atoms. The topological polar surface area (TPSA) is 67.2 Å². The van der Waals surface area contributed by atoms with E-state index >= 15 is 0 Å². The molecule has 7 heteroatoms. The Morgan fingerprint density at radius 3 is 2.53 bits per heavy atom. The van der Waals surface area contributed by atoms with Gasteiger partial charge in [-0.1, -0.05) is 43.6 Å². The quantitative estimate of drug-likeness (QED) is 0.427. The van der Waals surface area contributed by atoms with Crippen molar-refractivity contribution in [2.75, 3.05) is 19.6 Å². The van der Waals surface area contributed by atoms with Gasteiger partial charge in [0.05, 0.1) is 11.0 Å². The maximum atomic E-state index is 13.0.